The van der Waals surface area contributed by atoms with Crippen molar-refractivity contribution < 1.29 is 21.1 Å². The SMILES string of the molecule is C1=c2ccc([nH]2)=Cc2ccc([nH]2)C=c2[nH]c(c3ccc4cc5ccccc5cc4c23)=Cc2ccc1[nH]2.[Pt]. The summed E-state index contributed by atoms with van der Waals surface area (Å²) in [6, 6.07) is 30.4. The molecule has 3 aromatic carbocycles. The predicted molar refractivity (Wildman–Crippen MR) is 148 cm³/mol. The Hall–Kier alpha value is -4.27. The molecule has 1 aliphatic rings. The molecule has 0 amide bonds. The van der Waals surface area contributed by atoms with Gasteiger partial charge in [-0.25, -0.2) is 0 Å². The first-order chi connectivity index (χ1) is 17.7. The third-order valence-corrected chi connectivity index (χ3v) is 7.13. The van der Waals surface area contributed by atoms with Crippen molar-refractivity contribution in [3.63, 3.8) is 0 Å². The summed E-state index contributed by atoms with van der Waals surface area (Å²) < 4.78 is 0. The molecule has 8 bridgehead atoms. The fourth-order valence-electron chi connectivity index (χ4n) is 5.47. The van der Waals surface area contributed by atoms with E-state index in [1.54, 1.807) is 0 Å². The summed E-state index contributed by atoms with van der Waals surface area (Å²) in [7, 11) is 0. The van der Waals surface area contributed by atoms with E-state index in [0.29, 0.717) is 0 Å². The van der Waals surface area contributed by atoms with Gasteiger partial charge in [0.25, 0.3) is 0 Å². The number of aromatic amines is 4. The van der Waals surface area contributed by atoms with E-state index >= 15 is 0 Å². The maximum absolute atomic E-state index is 3.73. The molecule has 4 aromatic heterocycles. The molecule has 0 unspecified atom stereocenters. The molecular weight excluding hydrogens is 635 g/mol. The van der Waals surface area contributed by atoms with E-state index in [-0.39, 0.29) is 21.1 Å². The van der Waals surface area contributed by atoms with Crippen molar-refractivity contribution in [1.82, 2.24) is 19.9 Å². The topological polar surface area (TPSA) is 63.2 Å². The molecule has 0 saturated carbocycles. The van der Waals surface area contributed by atoms with E-state index in [9.17, 15) is 0 Å². The van der Waals surface area contributed by atoms with Gasteiger partial charge in [-0.05, 0) is 94.4 Å². The molecule has 0 spiro atoms. The van der Waals surface area contributed by atoms with Crippen molar-refractivity contribution >= 4 is 56.6 Å². The fourth-order valence-corrected chi connectivity index (χ4v) is 5.47. The maximum atomic E-state index is 3.73. The van der Waals surface area contributed by atoms with Crippen LogP contribution < -0.4 is 21.4 Å². The third-order valence-electron chi connectivity index (χ3n) is 7.13. The van der Waals surface area contributed by atoms with E-state index in [2.05, 4.69) is 129 Å². The zero-order chi connectivity index (χ0) is 23.6. The summed E-state index contributed by atoms with van der Waals surface area (Å²) in [5, 5.41) is 11.8. The Kier molecular flexibility index (Phi) is 4.99. The van der Waals surface area contributed by atoms with Gasteiger partial charge >= 0.3 is 0 Å². The molecule has 180 valence electrons. The van der Waals surface area contributed by atoms with Crippen molar-refractivity contribution in [3.8, 4) is 0 Å². The van der Waals surface area contributed by atoms with Crippen molar-refractivity contribution in [2.75, 3.05) is 0 Å². The van der Waals surface area contributed by atoms with Crippen LogP contribution in [0.25, 0.3) is 56.6 Å². The molecule has 0 atom stereocenters. The van der Waals surface area contributed by atoms with Gasteiger partial charge in [0, 0.05) is 76.0 Å². The van der Waals surface area contributed by atoms with Gasteiger partial charge in [0.1, 0.15) is 0 Å². The molecule has 37 heavy (non-hydrogen) atoms. The van der Waals surface area contributed by atoms with E-state index in [1.165, 1.54) is 32.3 Å². The van der Waals surface area contributed by atoms with E-state index in [1.807, 2.05) is 0 Å². The largest absolute Gasteiger partial charge is 0.355 e. The third kappa shape index (κ3) is 3.73. The van der Waals surface area contributed by atoms with Crippen molar-refractivity contribution in [2.45, 2.75) is 0 Å². The number of benzene rings is 3. The van der Waals surface area contributed by atoms with E-state index in [0.717, 1.165) is 44.2 Å². The monoisotopic (exact) mass is 657 g/mol. The summed E-state index contributed by atoms with van der Waals surface area (Å²) in [4.78, 5) is 14.3. The van der Waals surface area contributed by atoms with Gasteiger partial charge in [-0.3, -0.25) is 0 Å². The molecule has 4 N–H and O–H groups in total. The number of hydrogen-bond donors (Lipinski definition) is 4. The molecule has 0 aliphatic carbocycles. The smallest absolute Gasteiger partial charge is 0.0492 e. The quantitative estimate of drug-likeness (QED) is 0.178. The van der Waals surface area contributed by atoms with Crippen molar-refractivity contribution in [3.05, 3.63) is 129 Å². The number of rotatable bonds is 0. The molecular formula is C32H22N4Pt. The first-order valence-electron chi connectivity index (χ1n) is 12.2. The second-order valence-corrected chi connectivity index (χ2v) is 9.55. The van der Waals surface area contributed by atoms with Gasteiger partial charge in [-0.1, -0.05) is 36.4 Å². The summed E-state index contributed by atoms with van der Waals surface area (Å²) in [5.41, 5.74) is 4.23. The molecule has 5 heterocycles. The van der Waals surface area contributed by atoms with E-state index < -0.39 is 0 Å². The fraction of sp³-hybridized carbons (Fsp3) is 0. The van der Waals surface area contributed by atoms with Crippen LogP contribution in [0.15, 0.2) is 84.9 Å². The van der Waals surface area contributed by atoms with Gasteiger partial charge in [0.2, 0.25) is 0 Å². The molecule has 5 heteroatoms. The van der Waals surface area contributed by atoms with Crippen LogP contribution in [-0.2, 0) is 21.1 Å². The summed E-state index contributed by atoms with van der Waals surface area (Å²) in [6.07, 6.45) is 8.68. The zero-order valence-electron chi connectivity index (χ0n) is 19.7. The predicted octanol–water partition coefficient (Wildman–Crippen LogP) is 4.08. The van der Waals surface area contributed by atoms with Crippen molar-refractivity contribution in [2.24, 2.45) is 0 Å². The van der Waals surface area contributed by atoms with Gasteiger partial charge in [0.15, 0.2) is 0 Å². The normalized spacial score (nSPS) is 12.4. The van der Waals surface area contributed by atoms with Crippen LogP contribution in [0.3, 0.4) is 0 Å². The first-order valence-corrected chi connectivity index (χ1v) is 12.2. The Morgan fingerprint density at radius 3 is 1.68 bits per heavy atom. The minimum Gasteiger partial charge on any atom is -0.355 e. The number of aromatic nitrogens is 4. The number of hydrogen-bond acceptors (Lipinski definition) is 0. The molecule has 1 aliphatic heterocycles. The molecule has 8 rings (SSSR count). The zero-order valence-corrected chi connectivity index (χ0v) is 22.0. The summed E-state index contributed by atoms with van der Waals surface area (Å²) >= 11 is 0. The Bertz CT molecular complexity index is 2220. The Morgan fingerprint density at radius 1 is 0.405 bits per heavy atom. The average molecular weight is 658 g/mol. The van der Waals surface area contributed by atoms with Gasteiger partial charge < -0.3 is 19.9 Å². The average Bonchev–Trinajstić information content (AvgIpc) is 3.68. The van der Waals surface area contributed by atoms with Crippen LogP contribution >= 0.6 is 0 Å². The molecule has 0 saturated heterocycles. The minimum absolute atomic E-state index is 0. The van der Waals surface area contributed by atoms with E-state index in [4.69, 9.17) is 0 Å². The van der Waals surface area contributed by atoms with Crippen LogP contribution in [0, 0.1) is 0 Å². The maximum Gasteiger partial charge on any atom is 0.0492 e. The molecule has 4 nitrogen and oxygen atoms in total. The Morgan fingerprint density at radius 2 is 1.00 bits per heavy atom. The van der Waals surface area contributed by atoms with Crippen molar-refractivity contribution in [1.29, 1.82) is 0 Å². The second-order valence-electron chi connectivity index (χ2n) is 9.55. The standard InChI is InChI=1S/C32H22N4.Pt/c1-2-4-20-14-29-21(13-19(20)3-1)5-12-28-30-17-26-10-8-24(34-26)15-22-6-7-23(33-22)16-25-9-11-27(35-25)18-31(36-30)32(28)29;/h1-18,33-36H;. The van der Waals surface area contributed by atoms with Crippen LogP contribution in [0.2, 0.25) is 0 Å². The van der Waals surface area contributed by atoms with Gasteiger partial charge in [-0.15, -0.1) is 0 Å². The molecule has 7 aromatic rings. The summed E-state index contributed by atoms with van der Waals surface area (Å²) in [5.74, 6) is 0. The Labute approximate surface area is 226 Å². The molecule has 0 radical (unpaired) electrons. The van der Waals surface area contributed by atoms with Gasteiger partial charge in [0.05, 0.1) is 0 Å². The van der Waals surface area contributed by atoms with Crippen LogP contribution in [0.1, 0.15) is 22.8 Å². The van der Waals surface area contributed by atoms with Crippen LogP contribution in [-0.4, -0.2) is 19.9 Å². The number of nitrogens with one attached hydrogen (secondary N) is 4. The summed E-state index contributed by atoms with van der Waals surface area (Å²) in [6.45, 7) is 0. The van der Waals surface area contributed by atoms with Crippen LogP contribution in [0.5, 0.6) is 0 Å². The first kappa shape index (κ1) is 22.0. The number of H-pyrrole nitrogens is 4. The molecule has 0 fully saturated rings. The van der Waals surface area contributed by atoms with Gasteiger partial charge in [-0.2, -0.15) is 0 Å². The van der Waals surface area contributed by atoms with Crippen LogP contribution in [0.4, 0.5) is 0 Å². The Balaban J connectivity index is 0.00000231. The number of fused-ring (bicyclic) bond motifs is 14. The second kappa shape index (κ2) is 8.40. The minimum atomic E-state index is 0.